The average molecular weight is 646 g/mol. The van der Waals surface area contributed by atoms with Crippen LogP contribution in [0.2, 0.25) is 0 Å². The number of sulfonamides is 1. The summed E-state index contributed by atoms with van der Waals surface area (Å²) in [4.78, 5) is 21.3. The molecule has 0 spiro atoms. The van der Waals surface area contributed by atoms with Crippen molar-refractivity contribution in [1.29, 1.82) is 5.26 Å². The van der Waals surface area contributed by atoms with Crippen LogP contribution in [0.5, 0.6) is 0 Å². The van der Waals surface area contributed by atoms with E-state index in [2.05, 4.69) is 4.98 Å². The van der Waals surface area contributed by atoms with Crippen LogP contribution in [0.25, 0.3) is 0 Å². The molecule has 2 heterocycles. The molecule has 1 aromatic heterocycles. The zero-order chi connectivity index (χ0) is 32.5. The molecule has 4 aromatic rings. The van der Waals surface area contributed by atoms with Crippen molar-refractivity contribution in [2.75, 3.05) is 9.80 Å². The number of alkyl halides is 3. The number of rotatable bonds is 8. The standard InChI is InChI=1S/C34H30F3N5O3S/c35-34(36,37)28-20-27(19-18-26(28)21-38)41-29-14-7-8-15-30(29)42(33(41)43)31-16-9-17-32(39-31)46(44,45)40(22-24-10-3-1-4-11-24)23-25-12-5-2-6-13-25/h1-6,9-13,16-20,29-30H,7-8,14-15,22-23H2/t29-,30-/m0/s1. The summed E-state index contributed by atoms with van der Waals surface area (Å²) in [5.74, 6) is 0.106. The molecule has 3 aromatic carbocycles. The first kappa shape index (κ1) is 31.3. The fraction of sp³-hybridized carbons (Fsp3) is 0.265. The quantitative estimate of drug-likeness (QED) is 0.203. The normalized spacial score (nSPS) is 18.5. The summed E-state index contributed by atoms with van der Waals surface area (Å²) in [5, 5.41) is 9.02. The lowest BCUT2D eigenvalue weighted by molar-refractivity contribution is -0.137. The van der Waals surface area contributed by atoms with Gasteiger partial charge in [-0.3, -0.25) is 9.80 Å². The summed E-state index contributed by atoms with van der Waals surface area (Å²) in [6.07, 6.45) is -2.10. The van der Waals surface area contributed by atoms with Crippen LogP contribution in [0.15, 0.2) is 102 Å². The molecule has 1 saturated heterocycles. The van der Waals surface area contributed by atoms with Gasteiger partial charge in [-0.05, 0) is 54.3 Å². The van der Waals surface area contributed by atoms with Crippen molar-refractivity contribution in [3.63, 3.8) is 0 Å². The van der Waals surface area contributed by atoms with Crippen molar-refractivity contribution < 1.29 is 26.4 Å². The topological polar surface area (TPSA) is 97.6 Å². The van der Waals surface area contributed by atoms with Gasteiger partial charge in [0.05, 0.1) is 29.3 Å². The summed E-state index contributed by atoms with van der Waals surface area (Å²) in [5.41, 5.74) is -0.0517. The molecule has 0 unspecified atom stereocenters. The third kappa shape index (κ3) is 6.08. The highest BCUT2D eigenvalue weighted by molar-refractivity contribution is 7.89. The molecule has 46 heavy (non-hydrogen) atoms. The van der Waals surface area contributed by atoms with Crippen LogP contribution < -0.4 is 9.80 Å². The molecule has 1 aliphatic heterocycles. The lowest BCUT2D eigenvalue weighted by Gasteiger charge is -2.31. The number of nitriles is 1. The van der Waals surface area contributed by atoms with Crippen LogP contribution in [0.3, 0.4) is 0 Å². The second-order valence-corrected chi connectivity index (χ2v) is 13.2. The monoisotopic (exact) mass is 645 g/mol. The number of carbonyl (C=O) groups is 1. The first-order valence-electron chi connectivity index (χ1n) is 14.9. The Morgan fingerprint density at radius 3 is 1.98 bits per heavy atom. The van der Waals surface area contributed by atoms with E-state index in [1.807, 2.05) is 60.7 Å². The van der Waals surface area contributed by atoms with E-state index in [1.165, 1.54) is 32.3 Å². The molecule has 2 aliphatic rings. The number of amides is 2. The fourth-order valence-corrected chi connectivity index (χ4v) is 7.65. The molecular formula is C34H30F3N5O3S. The Bertz CT molecular complexity index is 1840. The lowest BCUT2D eigenvalue weighted by Crippen LogP contribution is -2.40. The third-order valence-corrected chi connectivity index (χ3v) is 10.1. The van der Waals surface area contributed by atoms with Crippen molar-refractivity contribution in [3.8, 4) is 6.07 Å². The van der Waals surface area contributed by atoms with E-state index in [9.17, 15) is 31.6 Å². The summed E-state index contributed by atoms with van der Waals surface area (Å²) in [6.45, 7) is 0.177. The molecule has 12 heteroatoms. The Kier molecular flexibility index (Phi) is 8.55. The molecule has 8 nitrogen and oxygen atoms in total. The average Bonchev–Trinajstić information content (AvgIpc) is 3.36. The van der Waals surface area contributed by atoms with Gasteiger partial charge < -0.3 is 0 Å². The number of benzene rings is 3. The van der Waals surface area contributed by atoms with E-state index in [4.69, 9.17) is 0 Å². The van der Waals surface area contributed by atoms with Crippen molar-refractivity contribution in [3.05, 3.63) is 119 Å². The third-order valence-electron chi connectivity index (χ3n) is 8.44. The van der Waals surface area contributed by atoms with Crippen LogP contribution in [0.1, 0.15) is 47.9 Å². The molecule has 2 fully saturated rings. The first-order chi connectivity index (χ1) is 22.1. The Morgan fingerprint density at radius 1 is 0.826 bits per heavy atom. The van der Waals surface area contributed by atoms with Crippen LogP contribution in [0, 0.1) is 11.3 Å². The zero-order valence-corrected chi connectivity index (χ0v) is 25.5. The SMILES string of the molecule is N#Cc1ccc(N2C(=O)N(c3cccc(S(=O)(=O)N(Cc4ccccc4)Cc4ccccc4)n3)[C@H]3CCCC[C@@H]32)cc1C(F)(F)F. The largest absolute Gasteiger partial charge is 0.417 e. The number of halogens is 3. The molecule has 0 radical (unpaired) electrons. The van der Waals surface area contributed by atoms with E-state index in [-0.39, 0.29) is 29.6 Å². The molecule has 6 rings (SSSR count). The number of anilines is 2. The van der Waals surface area contributed by atoms with Crippen LogP contribution in [0.4, 0.5) is 29.5 Å². The van der Waals surface area contributed by atoms with Gasteiger partial charge in [-0.25, -0.2) is 18.2 Å². The van der Waals surface area contributed by atoms with E-state index < -0.39 is 45.4 Å². The van der Waals surface area contributed by atoms with E-state index >= 15 is 0 Å². The minimum absolute atomic E-state index is 0.0244. The predicted octanol–water partition coefficient (Wildman–Crippen LogP) is 7.12. The molecule has 2 atom stereocenters. The second-order valence-electron chi connectivity index (χ2n) is 11.4. The maximum Gasteiger partial charge on any atom is 0.417 e. The summed E-state index contributed by atoms with van der Waals surface area (Å²) >= 11 is 0. The fourth-order valence-electron chi connectivity index (χ4n) is 6.29. The molecule has 1 saturated carbocycles. The number of fused-ring (bicyclic) bond motifs is 1. The summed E-state index contributed by atoms with van der Waals surface area (Å²) in [7, 11) is -4.18. The number of pyridine rings is 1. The number of hydrogen-bond donors (Lipinski definition) is 0. The number of urea groups is 1. The van der Waals surface area contributed by atoms with Gasteiger partial charge in [-0.1, -0.05) is 79.6 Å². The summed E-state index contributed by atoms with van der Waals surface area (Å²) in [6, 6.07) is 26.2. The van der Waals surface area contributed by atoms with E-state index in [0.717, 1.165) is 36.1 Å². The molecule has 236 valence electrons. The highest BCUT2D eigenvalue weighted by Crippen LogP contribution is 2.42. The molecule has 1 aliphatic carbocycles. The van der Waals surface area contributed by atoms with Crippen LogP contribution in [-0.2, 0) is 29.3 Å². The molecular weight excluding hydrogens is 615 g/mol. The Hall–Kier alpha value is -4.73. The van der Waals surface area contributed by atoms with Gasteiger partial charge in [0.25, 0.3) is 10.0 Å². The van der Waals surface area contributed by atoms with Gasteiger partial charge in [0.1, 0.15) is 5.82 Å². The smallest absolute Gasteiger partial charge is 0.289 e. The zero-order valence-electron chi connectivity index (χ0n) is 24.6. The molecule has 2 amide bonds. The Labute approximate surface area is 265 Å². The number of carbonyl (C=O) groups excluding carboxylic acids is 1. The van der Waals surface area contributed by atoms with Crippen LogP contribution in [-0.4, -0.2) is 35.8 Å². The Balaban J connectivity index is 1.37. The predicted molar refractivity (Wildman–Crippen MR) is 166 cm³/mol. The highest BCUT2D eigenvalue weighted by Gasteiger charge is 2.49. The number of aromatic nitrogens is 1. The van der Waals surface area contributed by atoms with Gasteiger partial charge in [0.2, 0.25) is 0 Å². The van der Waals surface area contributed by atoms with E-state index in [0.29, 0.717) is 12.8 Å². The molecule has 0 N–H and O–H groups in total. The maximum atomic E-state index is 14.2. The van der Waals surface area contributed by atoms with Crippen molar-refractivity contribution in [2.45, 2.75) is 62.1 Å². The van der Waals surface area contributed by atoms with Gasteiger partial charge in [-0.2, -0.15) is 22.7 Å². The molecule has 0 bridgehead atoms. The minimum Gasteiger partial charge on any atom is -0.289 e. The summed E-state index contributed by atoms with van der Waals surface area (Å²) < 4.78 is 71.2. The number of hydrogen-bond acceptors (Lipinski definition) is 5. The van der Waals surface area contributed by atoms with Gasteiger partial charge in [-0.15, -0.1) is 0 Å². The Morgan fingerprint density at radius 2 is 1.41 bits per heavy atom. The second kappa shape index (κ2) is 12.6. The van der Waals surface area contributed by atoms with Gasteiger partial charge >= 0.3 is 12.2 Å². The first-order valence-corrected chi connectivity index (χ1v) is 16.3. The maximum absolute atomic E-state index is 14.2. The lowest BCUT2D eigenvalue weighted by atomic mass is 9.90. The van der Waals surface area contributed by atoms with Gasteiger partial charge in [0, 0.05) is 18.8 Å². The van der Waals surface area contributed by atoms with Gasteiger partial charge in [0.15, 0.2) is 5.03 Å². The minimum atomic E-state index is -4.79. The van der Waals surface area contributed by atoms with Crippen molar-refractivity contribution in [2.24, 2.45) is 0 Å². The van der Waals surface area contributed by atoms with Crippen molar-refractivity contribution >= 4 is 27.6 Å². The number of nitrogens with zero attached hydrogens (tertiary/aromatic N) is 5. The van der Waals surface area contributed by atoms with Crippen molar-refractivity contribution in [1.82, 2.24) is 9.29 Å². The van der Waals surface area contributed by atoms with Crippen LogP contribution >= 0.6 is 0 Å². The van der Waals surface area contributed by atoms with E-state index in [1.54, 1.807) is 12.1 Å². The highest BCUT2D eigenvalue weighted by atomic mass is 32.2.